The van der Waals surface area contributed by atoms with E-state index in [9.17, 15) is 28.5 Å². The van der Waals surface area contributed by atoms with Crippen molar-refractivity contribution in [3.63, 3.8) is 0 Å². The van der Waals surface area contributed by atoms with Crippen LogP contribution < -0.4 is 0 Å². The van der Waals surface area contributed by atoms with Crippen molar-refractivity contribution in [3.8, 4) is 11.3 Å². The Labute approximate surface area is 181 Å². The van der Waals surface area contributed by atoms with Gasteiger partial charge in [-0.15, -0.1) is 16.9 Å². The van der Waals surface area contributed by atoms with Crippen LogP contribution in [-0.2, 0) is 4.74 Å². The first kappa shape index (κ1) is 22.5. The lowest BCUT2D eigenvalue weighted by Gasteiger charge is -2.43. The van der Waals surface area contributed by atoms with Gasteiger partial charge in [0.05, 0.1) is 12.8 Å². The molecule has 2 fully saturated rings. The highest BCUT2D eigenvalue weighted by Crippen LogP contribution is 2.40. The Hall–Kier alpha value is -1.66. The third-order valence-corrected chi connectivity index (χ3v) is 7.34. The van der Waals surface area contributed by atoms with Crippen molar-refractivity contribution in [3.05, 3.63) is 35.8 Å². The molecule has 0 radical (unpaired) electrons. The molecule has 11 heteroatoms. The van der Waals surface area contributed by atoms with Gasteiger partial charge in [0.15, 0.2) is 17.5 Å². The second-order valence-electron chi connectivity index (χ2n) is 7.93. The van der Waals surface area contributed by atoms with Crippen molar-refractivity contribution in [2.24, 2.45) is 0 Å². The molecule has 5 atom stereocenters. The van der Waals surface area contributed by atoms with Gasteiger partial charge in [0.25, 0.3) is 0 Å². The summed E-state index contributed by atoms with van der Waals surface area (Å²) in [6, 6.07) is 0.590. The number of aromatic nitrogens is 3. The summed E-state index contributed by atoms with van der Waals surface area (Å²) in [7, 11) is 0. The number of benzene rings is 1. The number of hydrogen-bond acceptors (Lipinski definition) is 7. The predicted octanol–water partition coefficient (Wildman–Crippen LogP) is 2.41. The number of thioether (sulfide) groups is 1. The van der Waals surface area contributed by atoms with E-state index in [1.54, 1.807) is 0 Å². The topological polar surface area (TPSA) is 101 Å². The smallest absolute Gasteiger partial charge is 0.194 e. The number of rotatable bonds is 5. The van der Waals surface area contributed by atoms with Crippen molar-refractivity contribution in [1.29, 1.82) is 0 Å². The average Bonchev–Trinajstić information content (AvgIpc) is 3.24. The molecule has 4 rings (SSSR count). The Bertz CT molecular complexity index is 889. The van der Waals surface area contributed by atoms with Crippen molar-refractivity contribution in [2.45, 2.75) is 67.1 Å². The fraction of sp³-hybridized carbons (Fsp3) is 0.600. The van der Waals surface area contributed by atoms with Gasteiger partial charge in [-0.1, -0.05) is 24.5 Å². The summed E-state index contributed by atoms with van der Waals surface area (Å²) in [6.45, 7) is -0.456. The molecule has 1 aromatic heterocycles. The Morgan fingerprint density at radius 1 is 1.06 bits per heavy atom. The maximum absolute atomic E-state index is 13.6. The lowest BCUT2D eigenvalue weighted by molar-refractivity contribution is -0.178. The molecule has 0 spiro atoms. The Morgan fingerprint density at radius 3 is 2.39 bits per heavy atom. The van der Waals surface area contributed by atoms with E-state index < -0.39 is 53.8 Å². The molecule has 0 amide bonds. The highest BCUT2D eigenvalue weighted by Gasteiger charge is 2.47. The zero-order chi connectivity index (χ0) is 22.1. The Kier molecular flexibility index (Phi) is 6.87. The van der Waals surface area contributed by atoms with Crippen LogP contribution in [0.4, 0.5) is 13.2 Å². The molecule has 31 heavy (non-hydrogen) atoms. The molecule has 2 aliphatic rings. The first-order valence-corrected chi connectivity index (χ1v) is 11.2. The van der Waals surface area contributed by atoms with Gasteiger partial charge in [0.1, 0.15) is 35.5 Å². The molecule has 2 aromatic rings. The highest BCUT2D eigenvalue weighted by molar-refractivity contribution is 8.00. The zero-order valence-electron chi connectivity index (χ0n) is 16.6. The Morgan fingerprint density at radius 2 is 1.74 bits per heavy atom. The van der Waals surface area contributed by atoms with E-state index in [4.69, 9.17) is 4.74 Å². The van der Waals surface area contributed by atoms with Crippen LogP contribution in [0.15, 0.2) is 18.3 Å². The molecule has 2 heterocycles. The van der Waals surface area contributed by atoms with Crippen LogP contribution in [-0.4, -0.2) is 65.9 Å². The highest BCUT2D eigenvalue weighted by atomic mass is 32.2. The van der Waals surface area contributed by atoms with Gasteiger partial charge in [-0.2, -0.15) is 0 Å². The summed E-state index contributed by atoms with van der Waals surface area (Å²) in [5, 5.41) is 39.4. The average molecular weight is 459 g/mol. The Balaban J connectivity index is 1.59. The third kappa shape index (κ3) is 4.61. The second-order valence-corrected chi connectivity index (χ2v) is 9.33. The van der Waals surface area contributed by atoms with Crippen molar-refractivity contribution in [2.75, 3.05) is 6.61 Å². The molecular weight excluding hydrogens is 435 g/mol. The summed E-state index contributed by atoms with van der Waals surface area (Å²) >= 11 is 1.48. The maximum Gasteiger partial charge on any atom is 0.194 e. The molecule has 1 saturated carbocycles. The first-order valence-electron chi connectivity index (χ1n) is 10.2. The van der Waals surface area contributed by atoms with Crippen LogP contribution in [0, 0.1) is 17.5 Å². The maximum atomic E-state index is 13.6. The molecule has 1 aliphatic carbocycles. The van der Waals surface area contributed by atoms with Crippen LogP contribution in [0.1, 0.15) is 38.1 Å². The van der Waals surface area contributed by atoms with Crippen LogP contribution in [0.5, 0.6) is 0 Å². The summed E-state index contributed by atoms with van der Waals surface area (Å²) in [5.74, 6) is -4.31. The lowest BCUT2D eigenvalue weighted by atomic mass is 9.97. The lowest BCUT2D eigenvalue weighted by Crippen LogP contribution is -2.55. The number of hydrogen-bond donors (Lipinski definition) is 3. The quantitative estimate of drug-likeness (QED) is 0.591. The van der Waals surface area contributed by atoms with Gasteiger partial charge >= 0.3 is 0 Å². The monoisotopic (exact) mass is 459 g/mol. The van der Waals surface area contributed by atoms with Gasteiger partial charge in [0.2, 0.25) is 0 Å². The number of nitrogens with zero attached hydrogens (tertiary/aromatic N) is 3. The predicted molar refractivity (Wildman–Crippen MR) is 107 cm³/mol. The second kappa shape index (κ2) is 9.45. The van der Waals surface area contributed by atoms with Crippen LogP contribution in [0.3, 0.4) is 0 Å². The normalized spacial score (nSPS) is 29.9. The number of ether oxygens (including phenoxy) is 1. The van der Waals surface area contributed by atoms with Gasteiger partial charge in [-0.05, 0) is 25.0 Å². The van der Waals surface area contributed by atoms with Crippen LogP contribution in [0.2, 0.25) is 0 Å². The zero-order valence-corrected chi connectivity index (χ0v) is 17.4. The minimum atomic E-state index is -1.58. The third-order valence-electron chi connectivity index (χ3n) is 5.82. The summed E-state index contributed by atoms with van der Waals surface area (Å²) in [5.41, 5.74) is -0.687. The summed E-state index contributed by atoms with van der Waals surface area (Å²) in [4.78, 5) is 0. The van der Waals surface area contributed by atoms with E-state index in [1.807, 2.05) is 0 Å². The SMILES string of the molecule is OC[C@H]1O[C@H](SC2CCCCC2)[C@H](O)[C@@H](n2cc(-c3cc(F)c(F)c(F)c3)nn2)[C@H]1O. The molecule has 3 N–H and O–H groups in total. The summed E-state index contributed by atoms with van der Waals surface area (Å²) < 4.78 is 47.4. The molecule has 0 unspecified atom stereocenters. The first-order chi connectivity index (χ1) is 14.9. The molecule has 0 bridgehead atoms. The summed E-state index contributed by atoms with van der Waals surface area (Å²) in [6.07, 6.45) is 3.31. The van der Waals surface area contributed by atoms with Gasteiger partial charge in [0, 0.05) is 10.8 Å². The molecule has 1 saturated heterocycles. The van der Waals surface area contributed by atoms with Crippen molar-refractivity contribution >= 4 is 11.8 Å². The van der Waals surface area contributed by atoms with Gasteiger partial charge in [-0.3, -0.25) is 0 Å². The minimum absolute atomic E-state index is 0.0365. The number of aliphatic hydroxyl groups is 3. The molecule has 170 valence electrons. The molecule has 1 aliphatic heterocycles. The van der Waals surface area contributed by atoms with Crippen LogP contribution >= 0.6 is 11.8 Å². The molecule has 7 nitrogen and oxygen atoms in total. The minimum Gasteiger partial charge on any atom is -0.394 e. The largest absolute Gasteiger partial charge is 0.394 e. The fourth-order valence-electron chi connectivity index (χ4n) is 4.14. The van der Waals surface area contributed by atoms with E-state index in [2.05, 4.69) is 10.3 Å². The molecular formula is C20H24F3N3O4S. The van der Waals surface area contributed by atoms with Gasteiger partial charge < -0.3 is 20.1 Å². The van der Waals surface area contributed by atoms with E-state index >= 15 is 0 Å². The van der Waals surface area contributed by atoms with E-state index in [0.717, 1.165) is 37.8 Å². The van der Waals surface area contributed by atoms with E-state index in [1.165, 1.54) is 29.1 Å². The van der Waals surface area contributed by atoms with E-state index in [0.29, 0.717) is 5.25 Å². The van der Waals surface area contributed by atoms with Crippen molar-refractivity contribution < 1.29 is 33.2 Å². The van der Waals surface area contributed by atoms with Crippen molar-refractivity contribution in [1.82, 2.24) is 15.0 Å². The van der Waals surface area contributed by atoms with Crippen LogP contribution in [0.25, 0.3) is 11.3 Å². The van der Waals surface area contributed by atoms with Gasteiger partial charge in [-0.25, -0.2) is 17.9 Å². The molecule has 1 aromatic carbocycles. The standard InChI is InChI=1S/C20H24F3N3O4S/c21-12-6-10(7-13(22)16(12)23)14-8-26(25-24-14)17-18(28)15(9-27)30-20(19(17)29)31-11-4-2-1-3-5-11/h6-8,11,15,17-20,27-29H,1-5,9H2/t15-,17+,18+,19-,20-/m1/s1. The van der Waals surface area contributed by atoms with E-state index in [-0.39, 0.29) is 11.3 Å². The fourth-order valence-corrected chi connectivity index (χ4v) is 5.66. The number of aliphatic hydroxyl groups excluding tert-OH is 3. The number of halogens is 3.